The van der Waals surface area contributed by atoms with Gasteiger partial charge in [-0.3, -0.25) is 14.7 Å². The number of amides is 1. The molecule has 2 aromatic heterocycles. The van der Waals surface area contributed by atoms with Crippen LogP contribution >= 0.6 is 0 Å². The standard InChI is InChI=1S/C21H22N6O/c22-21-17-6-1-2-7-18(17)24-19(25-21)15-26-11-13-27(14-12-26)20(28)9-8-16-5-3-4-10-23-16/h1-10H,11-15H2,(H2,22,24,25)/b9-8+. The maximum Gasteiger partial charge on any atom is 0.246 e. The molecule has 3 aromatic rings. The van der Waals surface area contributed by atoms with Gasteiger partial charge < -0.3 is 10.6 Å². The molecule has 7 nitrogen and oxygen atoms in total. The van der Waals surface area contributed by atoms with Crippen molar-refractivity contribution >= 4 is 28.7 Å². The molecule has 1 aliphatic heterocycles. The maximum absolute atomic E-state index is 12.4. The molecule has 1 fully saturated rings. The number of nitrogens with two attached hydrogens (primary N) is 1. The molecule has 1 aromatic carbocycles. The molecule has 7 heteroatoms. The molecule has 0 saturated carbocycles. The van der Waals surface area contributed by atoms with E-state index >= 15 is 0 Å². The highest BCUT2D eigenvalue weighted by Gasteiger charge is 2.20. The molecule has 1 saturated heterocycles. The summed E-state index contributed by atoms with van der Waals surface area (Å²) in [6, 6.07) is 13.4. The number of hydrogen-bond acceptors (Lipinski definition) is 6. The van der Waals surface area contributed by atoms with Crippen molar-refractivity contribution in [2.24, 2.45) is 0 Å². The van der Waals surface area contributed by atoms with Crippen LogP contribution in [-0.4, -0.2) is 56.8 Å². The van der Waals surface area contributed by atoms with E-state index < -0.39 is 0 Å². The Morgan fingerprint density at radius 1 is 1.04 bits per heavy atom. The molecule has 0 unspecified atom stereocenters. The number of rotatable bonds is 4. The first-order valence-corrected chi connectivity index (χ1v) is 9.30. The molecule has 28 heavy (non-hydrogen) atoms. The van der Waals surface area contributed by atoms with Gasteiger partial charge in [-0.15, -0.1) is 0 Å². The monoisotopic (exact) mass is 374 g/mol. The molecule has 0 radical (unpaired) electrons. The largest absolute Gasteiger partial charge is 0.383 e. The summed E-state index contributed by atoms with van der Waals surface area (Å²) >= 11 is 0. The Bertz CT molecular complexity index is 996. The predicted octanol–water partition coefficient (Wildman–Crippen LogP) is 1.96. The third-order valence-corrected chi connectivity index (χ3v) is 4.81. The van der Waals surface area contributed by atoms with E-state index in [1.54, 1.807) is 18.3 Å². The number of para-hydroxylation sites is 1. The third-order valence-electron chi connectivity index (χ3n) is 4.81. The number of nitrogens with zero attached hydrogens (tertiary/aromatic N) is 5. The van der Waals surface area contributed by atoms with Crippen LogP contribution in [0.4, 0.5) is 5.82 Å². The highest BCUT2D eigenvalue weighted by molar-refractivity contribution is 5.91. The summed E-state index contributed by atoms with van der Waals surface area (Å²) < 4.78 is 0. The Morgan fingerprint density at radius 2 is 1.82 bits per heavy atom. The number of fused-ring (bicyclic) bond motifs is 1. The molecule has 142 valence electrons. The molecule has 0 bridgehead atoms. The SMILES string of the molecule is Nc1nc(CN2CCN(C(=O)/C=C/c3ccccn3)CC2)nc2ccccc12. The minimum Gasteiger partial charge on any atom is -0.383 e. The first-order valence-electron chi connectivity index (χ1n) is 9.30. The number of nitrogen functional groups attached to an aromatic ring is 1. The molecule has 1 amide bonds. The van der Waals surface area contributed by atoms with Crippen molar-refractivity contribution in [1.82, 2.24) is 24.8 Å². The van der Waals surface area contributed by atoms with Gasteiger partial charge >= 0.3 is 0 Å². The van der Waals surface area contributed by atoms with Gasteiger partial charge in [0, 0.05) is 43.8 Å². The van der Waals surface area contributed by atoms with Crippen LogP contribution < -0.4 is 5.73 Å². The summed E-state index contributed by atoms with van der Waals surface area (Å²) in [5, 5.41) is 0.876. The van der Waals surface area contributed by atoms with Gasteiger partial charge in [-0.2, -0.15) is 0 Å². The lowest BCUT2D eigenvalue weighted by Gasteiger charge is -2.33. The zero-order valence-electron chi connectivity index (χ0n) is 15.5. The summed E-state index contributed by atoms with van der Waals surface area (Å²) in [5.74, 6) is 1.23. The molecule has 0 aliphatic carbocycles. The molecular weight excluding hydrogens is 352 g/mol. The van der Waals surface area contributed by atoms with Gasteiger partial charge in [0.25, 0.3) is 0 Å². The number of aromatic nitrogens is 3. The van der Waals surface area contributed by atoms with E-state index in [0.717, 1.165) is 29.7 Å². The number of carbonyl (C=O) groups excluding carboxylic acids is 1. The average Bonchev–Trinajstić information content (AvgIpc) is 2.73. The maximum atomic E-state index is 12.4. The predicted molar refractivity (Wildman–Crippen MR) is 109 cm³/mol. The van der Waals surface area contributed by atoms with Gasteiger partial charge in [-0.25, -0.2) is 9.97 Å². The molecular formula is C21H22N6O. The lowest BCUT2D eigenvalue weighted by molar-refractivity contribution is -0.127. The Labute approximate surface area is 163 Å². The van der Waals surface area contributed by atoms with Gasteiger partial charge in [0.1, 0.15) is 11.6 Å². The highest BCUT2D eigenvalue weighted by atomic mass is 16.2. The van der Waals surface area contributed by atoms with Crippen molar-refractivity contribution in [2.75, 3.05) is 31.9 Å². The molecule has 2 N–H and O–H groups in total. The normalized spacial score (nSPS) is 15.4. The third kappa shape index (κ3) is 4.15. The number of hydrogen-bond donors (Lipinski definition) is 1. The van der Waals surface area contributed by atoms with Gasteiger partial charge in [0.2, 0.25) is 5.91 Å². The summed E-state index contributed by atoms with van der Waals surface area (Å²) in [4.78, 5) is 29.7. The Balaban J connectivity index is 1.34. The van der Waals surface area contributed by atoms with Crippen molar-refractivity contribution < 1.29 is 4.79 Å². The average molecular weight is 374 g/mol. The number of carbonyl (C=O) groups is 1. The summed E-state index contributed by atoms with van der Waals surface area (Å²) in [6.07, 6.45) is 5.05. The molecule has 0 spiro atoms. The molecule has 0 atom stereocenters. The lowest BCUT2D eigenvalue weighted by atomic mass is 10.2. The van der Waals surface area contributed by atoms with E-state index in [9.17, 15) is 4.79 Å². The van der Waals surface area contributed by atoms with Crippen LogP contribution in [0.3, 0.4) is 0 Å². The van der Waals surface area contributed by atoms with Crippen LogP contribution in [0.5, 0.6) is 0 Å². The van der Waals surface area contributed by atoms with E-state index in [2.05, 4.69) is 19.9 Å². The Hall–Kier alpha value is -3.32. The van der Waals surface area contributed by atoms with Gasteiger partial charge in [-0.05, 0) is 30.3 Å². The lowest BCUT2D eigenvalue weighted by Crippen LogP contribution is -2.48. The Kier molecular flexibility index (Phi) is 5.25. The fraction of sp³-hybridized carbons (Fsp3) is 0.238. The second kappa shape index (κ2) is 8.14. The quantitative estimate of drug-likeness (QED) is 0.703. The topological polar surface area (TPSA) is 88.2 Å². The van der Waals surface area contributed by atoms with Crippen LogP contribution in [0.2, 0.25) is 0 Å². The zero-order valence-corrected chi connectivity index (χ0v) is 15.5. The van der Waals surface area contributed by atoms with Crippen LogP contribution in [0.15, 0.2) is 54.7 Å². The summed E-state index contributed by atoms with van der Waals surface area (Å²) in [6.45, 7) is 3.53. The van der Waals surface area contributed by atoms with E-state index in [4.69, 9.17) is 5.73 Å². The van der Waals surface area contributed by atoms with E-state index in [1.807, 2.05) is 47.4 Å². The van der Waals surface area contributed by atoms with Crippen LogP contribution in [0, 0.1) is 0 Å². The van der Waals surface area contributed by atoms with E-state index in [0.29, 0.717) is 31.3 Å². The molecule has 1 aliphatic rings. The van der Waals surface area contributed by atoms with Crippen molar-refractivity contribution in [2.45, 2.75) is 6.54 Å². The fourth-order valence-corrected chi connectivity index (χ4v) is 3.28. The molecule has 4 rings (SSSR count). The van der Waals surface area contributed by atoms with Crippen LogP contribution in [0.25, 0.3) is 17.0 Å². The second-order valence-corrected chi connectivity index (χ2v) is 6.73. The minimum atomic E-state index is 0.0107. The zero-order chi connectivity index (χ0) is 19.3. The number of benzene rings is 1. The Morgan fingerprint density at radius 3 is 2.61 bits per heavy atom. The van der Waals surface area contributed by atoms with Crippen LogP contribution in [0.1, 0.15) is 11.5 Å². The van der Waals surface area contributed by atoms with Gasteiger partial charge in [0.05, 0.1) is 17.8 Å². The minimum absolute atomic E-state index is 0.0107. The first-order chi connectivity index (χ1) is 13.7. The van der Waals surface area contributed by atoms with E-state index in [1.165, 1.54) is 0 Å². The van der Waals surface area contributed by atoms with Crippen molar-refractivity contribution in [3.05, 3.63) is 66.3 Å². The van der Waals surface area contributed by atoms with Crippen LogP contribution in [-0.2, 0) is 11.3 Å². The van der Waals surface area contributed by atoms with Gasteiger partial charge in [-0.1, -0.05) is 18.2 Å². The fourth-order valence-electron chi connectivity index (χ4n) is 3.28. The summed E-state index contributed by atoms with van der Waals surface area (Å²) in [7, 11) is 0. The van der Waals surface area contributed by atoms with Crippen molar-refractivity contribution in [1.29, 1.82) is 0 Å². The number of pyridine rings is 1. The van der Waals surface area contributed by atoms with Gasteiger partial charge in [0.15, 0.2) is 0 Å². The first kappa shape index (κ1) is 18.1. The van der Waals surface area contributed by atoms with Crippen molar-refractivity contribution in [3.8, 4) is 0 Å². The second-order valence-electron chi connectivity index (χ2n) is 6.73. The smallest absolute Gasteiger partial charge is 0.246 e. The van der Waals surface area contributed by atoms with Crippen molar-refractivity contribution in [3.63, 3.8) is 0 Å². The highest BCUT2D eigenvalue weighted by Crippen LogP contribution is 2.18. The number of piperazine rings is 1. The van der Waals surface area contributed by atoms with E-state index in [-0.39, 0.29) is 5.91 Å². The number of anilines is 1. The summed E-state index contributed by atoms with van der Waals surface area (Å²) in [5.41, 5.74) is 7.71. The molecule has 3 heterocycles.